The van der Waals surface area contributed by atoms with Crippen molar-refractivity contribution in [2.45, 2.75) is 39.0 Å². The summed E-state index contributed by atoms with van der Waals surface area (Å²) in [4.78, 5) is 11.0. The average molecular weight is 482 g/mol. The van der Waals surface area contributed by atoms with E-state index in [1.54, 1.807) is 18.2 Å². The van der Waals surface area contributed by atoms with Gasteiger partial charge < -0.3 is 10.1 Å². The van der Waals surface area contributed by atoms with Gasteiger partial charge in [-0.2, -0.15) is 13.9 Å². The maximum absolute atomic E-state index is 14.7. The van der Waals surface area contributed by atoms with E-state index in [1.165, 1.54) is 22.9 Å². The molecule has 10 heteroatoms. The van der Waals surface area contributed by atoms with Crippen molar-refractivity contribution in [3.8, 4) is 17.0 Å². The zero-order valence-corrected chi connectivity index (χ0v) is 19.6. The smallest absolute Gasteiger partial charge is 0.387 e. The molecule has 1 saturated heterocycles. The number of nitrogens with one attached hydrogen (secondary N) is 1. The first kappa shape index (κ1) is 24.9. The van der Waals surface area contributed by atoms with Crippen LogP contribution in [-0.4, -0.2) is 51.0 Å². The van der Waals surface area contributed by atoms with Crippen LogP contribution in [0.2, 0.25) is 0 Å². The number of carbonyl (C=O) groups is 1. The fraction of sp³-hybridized carbons (Fsp3) is 0.391. The molecule has 1 N–H and O–H groups in total. The molecule has 1 fully saturated rings. The van der Waals surface area contributed by atoms with Crippen molar-refractivity contribution in [3.05, 3.63) is 47.8 Å². The maximum Gasteiger partial charge on any atom is 0.387 e. The minimum atomic E-state index is -2.94. The summed E-state index contributed by atoms with van der Waals surface area (Å²) >= 11 is 0. The fourth-order valence-electron chi connectivity index (χ4n) is 3.52. The standard InChI is InChI=1S/C18H15F3N2O2.C5H11NOS/c1-10(2)23-17-14(7-6-12(9-24)15(17)19)16(22-23)11-4-3-5-13(8-11)25-18(20)21;1-5(6-2)3-8(7)4-5/h3-10,18H,1-2H3;6H,3-4H2,1-2H3. The van der Waals surface area contributed by atoms with Crippen LogP contribution in [0, 0.1) is 5.82 Å². The summed E-state index contributed by atoms with van der Waals surface area (Å²) in [5.74, 6) is 0.983. The molecule has 2 aromatic carbocycles. The number of halogens is 3. The Hall–Kier alpha value is -2.72. The van der Waals surface area contributed by atoms with Crippen molar-refractivity contribution in [1.29, 1.82) is 0 Å². The number of aldehydes is 1. The molecule has 178 valence electrons. The Morgan fingerprint density at radius 3 is 2.45 bits per heavy atom. The second-order valence-electron chi connectivity index (χ2n) is 8.32. The van der Waals surface area contributed by atoms with Gasteiger partial charge in [-0.05, 0) is 52.1 Å². The zero-order valence-electron chi connectivity index (χ0n) is 18.8. The predicted molar refractivity (Wildman–Crippen MR) is 123 cm³/mol. The number of benzene rings is 2. The van der Waals surface area contributed by atoms with Crippen LogP contribution in [0.5, 0.6) is 5.75 Å². The molecule has 0 aliphatic carbocycles. The molecule has 0 atom stereocenters. The number of alkyl halides is 2. The van der Waals surface area contributed by atoms with E-state index in [1.807, 2.05) is 20.9 Å². The Labute approximate surface area is 192 Å². The van der Waals surface area contributed by atoms with Crippen molar-refractivity contribution in [3.63, 3.8) is 0 Å². The first-order chi connectivity index (χ1) is 15.6. The predicted octanol–water partition coefficient (Wildman–Crippen LogP) is 4.56. The summed E-state index contributed by atoms with van der Waals surface area (Å²) in [5, 5.41) is 8.04. The van der Waals surface area contributed by atoms with Gasteiger partial charge >= 0.3 is 6.61 Å². The van der Waals surface area contributed by atoms with E-state index in [9.17, 15) is 22.2 Å². The third-order valence-electron chi connectivity index (χ3n) is 5.35. The van der Waals surface area contributed by atoms with Gasteiger partial charge in [0.05, 0.1) is 5.56 Å². The molecule has 1 aliphatic heterocycles. The third kappa shape index (κ3) is 5.44. The van der Waals surface area contributed by atoms with Crippen LogP contribution >= 0.6 is 0 Å². The van der Waals surface area contributed by atoms with Gasteiger partial charge in [-0.3, -0.25) is 13.7 Å². The van der Waals surface area contributed by atoms with Crippen LogP contribution in [0.25, 0.3) is 22.2 Å². The van der Waals surface area contributed by atoms with Gasteiger partial charge in [0.25, 0.3) is 0 Å². The summed E-state index contributed by atoms with van der Waals surface area (Å²) in [7, 11) is 1.39. The van der Waals surface area contributed by atoms with Gasteiger partial charge in [0, 0.05) is 44.8 Å². The molecule has 0 spiro atoms. The van der Waals surface area contributed by atoms with Crippen molar-refractivity contribution in [1.82, 2.24) is 15.1 Å². The van der Waals surface area contributed by atoms with Crippen LogP contribution in [-0.2, 0) is 10.8 Å². The van der Waals surface area contributed by atoms with Crippen LogP contribution in [0.15, 0.2) is 36.4 Å². The van der Waals surface area contributed by atoms with E-state index in [0.717, 1.165) is 11.5 Å². The highest BCUT2D eigenvalue weighted by Crippen LogP contribution is 2.34. The minimum Gasteiger partial charge on any atom is -0.435 e. The van der Waals surface area contributed by atoms with Crippen molar-refractivity contribution in [2.24, 2.45) is 0 Å². The largest absolute Gasteiger partial charge is 0.435 e. The first-order valence-corrected chi connectivity index (χ1v) is 11.8. The molecule has 6 nitrogen and oxygen atoms in total. The number of nitrogens with zero attached hydrogens (tertiary/aromatic N) is 2. The summed E-state index contributed by atoms with van der Waals surface area (Å²) in [6, 6.07) is 8.88. The zero-order chi connectivity index (χ0) is 24.3. The monoisotopic (exact) mass is 481 g/mol. The molecule has 4 rings (SSSR count). The second-order valence-corrected chi connectivity index (χ2v) is 9.77. The Balaban J connectivity index is 0.000000323. The van der Waals surface area contributed by atoms with Gasteiger partial charge in [-0.15, -0.1) is 0 Å². The molecule has 1 aliphatic rings. The highest BCUT2D eigenvalue weighted by Gasteiger charge is 2.36. The number of hydrogen-bond donors (Lipinski definition) is 1. The topological polar surface area (TPSA) is 73.2 Å². The van der Waals surface area contributed by atoms with Gasteiger partial charge in [0.2, 0.25) is 0 Å². The second kappa shape index (κ2) is 10.0. The van der Waals surface area contributed by atoms with E-state index in [2.05, 4.69) is 22.1 Å². The molecule has 1 aromatic heterocycles. The van der Waals surface area contributed by atoms with Crippen molar-refractivity contribution < 1.29 is 26.9 Å². The lowest BCUT2D eigenvalue weighted by Crippen LogP contribution is -2.58. The Morgan fingerprint density at radius 1 is 1.24 bits per heavy atom. The highest BCUT2D eigenvalue weighted by atomic mass is 32.2. The third-order valence-corrected chi connectivity index (χ3v) is 7.27. The lowest BCUT2D eigenvalue weighted by Gasteiger charge is -2.36. The number of hydrogen-bond acceptors (Lipinski definition) is 5. The van der Waals surface area contributed by atoms with Crippen LogP contribution in [0.1, 0.15) is 37.2 Å². The Morgan fingerprint density at radius 2 is 1.94 bits per heavy atom. The molecule has 0 bridgehead atoms. The van der Waals surface area contributed by atoms with Gasteiger partial charge in [0.15, 0.2) is 12.1 Å². The first-order valence-electron chi connectivity index (χ1n) is 10.3. The van der Waals surface area contributed by atoms with Gasteiger partial charge in [-0.1, -0.05) is 12.1 Å². The number of ether oxygens (including phenoxy) is 1. The summed E-state index contributed by atoms with van der Waals surface area (Å²) in [6.45, 7) is 2.82. The number of carbonyl (C=O) groups excluding carboxylic acids is 1. The van der Waals surface area contributed by atoms with Gasteiger partial charge in [0.1, 0.15) is 17.0 Å². The quantitative estimate of drug-likeness (QED) is 0.523. The Bertz CT molecular complexity index is 1170. The Kier molecular flexibility index (Phi) is 7.58. The van der Waals surface area contributed by atoms with Crippen molar-refractivity contribution in [2.75, 3.05) is 18.6 Å². The number of aromatic nitrogens is 2. The molecule has 0 unspecified atom stereocenters. The van der Waals surface area contributed by atoms with E-state index in [0.29, 0.717) is 22.9 Å². The SMILES string of the molecule is CC(C)n1nc(-c2cccc(OC(F)F)c2)c2ccc(C=O)c(F)c21.CNC1(C)CS(=O)C1. The lowest BCUT2D eigenvalue weighted by atomic mass is 10.1. The molecular formula is C23H26F3N3O3S. The van der Waals surface area contributed by atoms with Crippen LogP contribution in [0.4, 0.5) is 13.2 Å². The van der Waals surface area contributed by atoms with Crippen LogP contribution < -0.4 is 10.1 Å². The van der Waals surface area contributed by atoms with E-state index in [-0.39, 0.29) is 28.4 Å². The van der Waals surface area contributed by atoms with E-state index < -0.39 is 23.2 Å². The van der Waals surface area contributed by atoms with Crippen LogP contribution in [0.3, 0.4) is 0 Å². The molecular weight excluding hydrogens is 455 g/mol. The molecule has 33 heavy (non-hydrogen) atoms. The minimum absolute atomic E-state index is 0.00951. The molecule has 3 aromatic rings. The van der Waals surface area contributed by atoms with Crippen molar-refractivity contribution >= 4 is 28.0 Å². The lowest BCUT2D eigenvalue weighted by molar-refractivity contribution is -0.0498. The number of fused-ring (bicyclic) bond motifs is 1. The van der Waals surface area contributed by atoms with E-state index >= 15 is 0 Å². The molecule has 0 amide bonds. The highest BCUT2D eigenvalue weighted by molar-refractivity contribution is 7.86. The molecule has 2 heterocycles. The average Bonchev–Trinajstić information content (AvgIpc) is 3.14. The molecule has 0 saturated carbocycles. The normalized spacial score (nSPS) is 19.8. The summed E-state index contributed by atoms with van der Waals surface area (Å²) < 4.78 is 56.0. The summed E-state index contributed by atoms with van der Waals surface area (Å²) in [5.41, 5.74) is 1.27. The number of rotatable bonds is 6. The van der Waals surface area contributed by atoms with E-state index in [4.69, 9.17) is 0 Å². The maximum atomic E-state index is 14.7. The fourth-order valence-corrected chi connectivity index (χ4v) is 5.14. The summed E-state index contributed by atoms with van der Waals surface area (Å²) in [6.07, 6.45) is 0.448. The van der Waals surface area contributed by atoms with Gasteiger partial charge in [-0.25, -0.2) is 4.39 Å². The molecule has 0 radical (unpaired) electrons.